The molecule has 0 aromatic heterocycles. The minimum absolute atomic E-state index is 0.112. The van der Waals surface area contributed by atoms with E-state index in [9.17, 15) is 4.79 Å². The van der Waals surface area contributed by atoms with Crippen molar-refractivity contribution in [3.8, 4) is 12.3 Å². The van der Waals surface area contributed by atoms with Gasteiger partial charge in [-0.2, -0.15) is 0 Å². The minimum Gasteiger partial charge on any atom is -0.293 e. The zero-order chi connectivity index (χ0) is 8.27. The third-order valence-corrected chi connectivity index (χ3v) is 1.73. The summed E-state index contributed by atoms with van der Waals surface area (Å²) in [5.41, 5.74) is 1.59. The van der Waals surface area contributed by atoms with Gasteiger partial charge in [0.1, 0.15) is 0 Å². The van der Waals surface area contributed by atoms with E-state index in [1.807, 2.05) is 19.1 Å². The molecule has 1 nitrogen and oxygen atoms in total. The fourth-order valence-electron chi connectivity index (χ4n) is 1.22. The first-order valence-corrected chi connectivity index (χ1v) is 3.65. The van der Waals surface area contributed by atoms with Crippen LogP contribution in [0.5, 0.6) is 0 Å². The lowest BCUT2D eigenvalue weighted by atomic mass is 10.1. The molecule has 0 atom stereocenters. The normalized spacial score (nSPS) is 18.0. The van der Waals surface area contributed by atoms with E-state index in [1.165, 1.54) is 0 Å². The Bertz CT molecular complexity index is 274. The molecular weight excluding hydrogens is 136 g/mol. The molecule has 1 rings (SSSR count). The molecule has 0 saturated carbocycles. The van der Waals surface area contributed by atoms with Gasteiger partial charge in [0.15, 0.2) is 5.78 Å². The molecule has 0 aromatic carbocycles. The molecule has 1 heteroatoms. The van der Waals surface area contributed by atoms with Crippen molar-refractivity contribution in [2.75, 3.05) is 0 Å². The van der Waals surface area contributed by atoms with Crippen LogP contribution in [0.4, 0.5) is 0 Å². The lowest BCUT2D eigenvalue weighted by Gasteiger charge is -1.89. The van der Waals surface area contributed by atoms with Crippen molar-refractivity contribution in [1.29, 1.82) is 0 Å². The van der Waals surface area contributed by atoms with Crippen LogP contribution < -0.4 is 0 Å². The van der Waals surface area contributed by atoms with E-state index in [0.717, 1.165) is 12.0 Å². The molecule has 11 heavy (non-hydrogen) atoms. The van der Waals surface area contributed by atoms with Crippen LogP contribution in [-0.2, 0) is 4.79 Å². The number of hydrogen-bond acceptors (Lipinski definition) is 1. The molecule has 0 N–H and O–H groups in total. The molecule has 0 amide bonds. The first-order valence-electron chi connectivity index (χ1n) is 3.65. The average Bonchev–Trinajstić information content (AvgIpc) is 2.33. The van der Waals surface area contributed by atoms with Crippen molar-refractivity contribution < 1.29 is 4.79 Å². The molecule has 0 aliphatic heterocycles. The van der Waals surface area contributed by atoms with Crippen LogP contribution in [0.25, 0.3) is 0 Å². The van der Waals surface area contributed by atoms with Crippen molar-refractivity contribution in [3.63, 3.8) is 0 Å². The SMILES string of the molecule is C#CC1=C(/C=C\C)CCC1=O. The number of Topliss-reactive ketones (excluding diaryl/α,β-unsaturated/α-hetero) is 1. The third kappa shape index (κ3) is 1.40. The van der Waals surface area contributed by atoms with Gasteiger partial charge in [0, 0.05) is 6.42 Å². The van der Waals surface area contributed by atoms with E-state index >= 15 is 0 Å². The average molecular weight is 146 g/mol. The number of terminal acetylenes is 1. The monoisotopic (exact) mass is 146 g/mol. The number of carbonyl (C=O) groups excluding carboxylic acids is 1. The molecule has 0 saturated heterocycles. The van der Waals surface area contributed by atoms with E-state index in [0.29, 0.717) is 12.0 Å². The third-order valence-electron chi connectivity index (χ3n) is 1.73. The van der Waals surface area contributed by atoms with Crippen LogP contribution >= 0.6 is 0 Å². The highest BCUT2D eigenvalue weighted by atomic mass is 16.1. The number of ketones is 1. The second kappa shape index (κ2) is 3.21. The first kappa shape index (κ1) is 7.81. The molecule has 56 valence electrons. The molecule has 0 unspecified atom stereocenters. The highest BCUT2D eigenvalue weighted by molar-refractivity contribution is 6.03. The molecular formula is C10H10O. The Morgan fingerprint density at radius 3 is 2.82 bits per heavy atom. The van der Waals surface area contributed by atoms with E-state index in [1.54, 1.807) is 0 Å². The van der Waals surface area contributed by atoms with E-state index in [2.05, 4.69) is 5.92 Å². The predicted molar refractivity (Wildman–Crippen MR) is 44.9 cm³/mol. The summed E-state index contributed by atoms with van der Waals surface area (Å²) in [4.78, 5) is 11.1. The van der Waals surface area contributed by atoms with Crippen LogP contribution in [-0.4, -0.2) is 5.78 Å². The second-order valence-corrected chi connectivity index (χ2v) is 2.47. The molecule has 0 heterocycles. The maximum absolute atomic E-state index is 11.1. The fourth-order valence-corrected chi connectivity index (χ4v) is 1.22. The van der Waals surface area contributed by atoms with Gasteiger partial charge >= 0.3 is 0 Å². The lowest BCUT2D eigenvalue weighted by Crippen LogP contribution is -1.91. The van der Waals surface area contributed by atoms with Crippen LogP contribution in [0, 0.1) is 12.3 Å². The van der Waals surface area contributed by atoms with Crippen LogP contribution in [0.3, 0.4) is 0 Å². The summed E-state index contributed by atoms with van der Waals surface area (Å²) in [6.07, 6.45) is 10.4. The Kier molecular flexibility index (Phi) is 2.28. The van der Waals surface area contributed by atoms with Gasteiger partial charge in [0.25, 0.3) is 0 Å². The van der Waals surface area contributed by atoms with Crippen LogP contribution in [0.2, 0.25) is 0 Å². The predicted octanol–water partition coefficient (Wildman–Crippen LogP) is 1.86. The summed E-state index contributed by atoms with van der Waals surface area (Å²) in [6, 6.07) is 0. The van der Waals surface area contributed by atoms with Crippen molar-refractivity contribution >= 4 is 5.78 Å². The topological polar surface area (TPSA) is 17.1 Å². The van der Waals surface area contributed by atoms with Crippen molar-refractivity contribution in [2.24, 2.45) is 0 Å². The highest BCUT2D eigenvalue weighted by Gasteiger charge is 2.18. The van der Waals surface area contributed by atoms with Gasteiger partial charge in [-0.05, 0) is 18.9 Å². The van der Waals surface area contributed by atoms with Crippen molar-refractivity contribution in [1.82, 2.24) is 0 Å². The Morgan fingerprint density at radius 2 is 2.27 bits per heavy atom. The number of allylic oxidation sites excluding steroid dienone is 4. The van der Waals surface area contributed by atoms with Gasteiger partial charge in [0.2, 0.25) is 0 Å². The minimum atomic E-state index is 0.112. The van der Waals surface area contributed by atoms with E-state index in [-0.39, 0.29) is 5.78 Å². The van der Waals surface area contributed by atoms with Gasteiger partial charge in [-0.25, -0.2) is 0 Å². The molecule has 0 spiro atoms. The number of rotatable bonds is 1. The van der Waals surface area contributed by atoms with Crippen molar-refractivity contribution in [3.05, 3.63) is 23.3 Å². The van der Waals surface area contributed by atoms with Crippen LogP contribution in [0.15, 0.2) is 23.3 Å². The molecule has 0 fully saturated rings. The summed E-state index contributed by atoms with van der Waals surface area (Å²) < 4.78 is 0. The maximum Gasteiger partial charge on any atom is 0.171 e. The van der Waals surface area contributed by atoms with Gasteiger partial charge in [-0.15, -0.1) is 6.42 Å². The van der Waals surface area contributed by atoms with Gasteiger partial charge < -0.3 is 0 Å². The first-order chi connectivity index (χ1) is 5.29. The Balaban J connectivity index is 3.00. The smallest absolute Gasteiger partial charge is 0.171 e. The van der Waals surface area contributed by atoms with Crippen molar-refractivity contribution in [2.45, 2.75) is 19.8 Å². The summed E-state index contributed by atoms with van der Waals surface area (Å²) in [5, 5.41) is 0. The van der Waals surface area contributed by atoms with Gasteiger partial charge in [0.05, 0.1) is 5.57 Å². The quantitative estimate of drug-likeness (QED) is 0.516. The molecule has 0 bridgehead atoms. The molecule has 0 radical (unpaired) electrons. The zero-order valence-corrected chi connectivity index (χ0v) is 6.55. The second-order valence-electron chi connectivity index (χ2n) is 2.47. The van der Waals surface area contributed by atoms with Gasteiger partial charge in [-0.3, -0.25) is 4.79 Å². The summed E-state index contributed by atoms with van der Waals surface area (Å²) in [7, 11) is 0. The lowest BCUT2D eigenvalue weighted by molar-refractivity contribution is -0.114. The largest absolute Gasteiger partial charge is 0.293 e. The van der Waals surface area contributed by atoms with Gasteiger partial charge in [-0.1, -0.05) is 18.1 Å². The standard InChI is InChI=1S/C10H10O/c1-3-5-8-6-7-10(11)9(8)4-2/h2-3,5H,6-7H2,1H3/b5-3-. The van der Waals surface area contributed by atoms with Crippen LogP contribution in [0.1, 0.15) is 19.8 Å². The molecule has 1 aliphatic rings. The van der Waals surface area contributed by atoms with E-state index in [4.69, 9.17) is 6.42 Å². The summed E-state index contributed by atoms with van der Waals surface area (Å²) in [5.74, 6) is 2.54. The molecule has 0 aromatic rings. The van der Waals surface area contributed by atoms with E-state index < -0.39 is 0 Å². The zero-order valence-electron chi connectivity index (χ0n) is 6.55. The Morgan fingerprint density at radius 1 is 1.55 bits per heavy atom. The number of hydrogen-bond donors (Lipinski definition) is 0. The molecule has 1 aliphatic carbocycles. The Hall–Kier alpha value is -1.29. The fraction of sp³-hybridized carbons (Fsp3) is 0.300. The number of carbonyl (C=O) groups is 1. The Labute approximate surface area is 66.8 Å². The maximum atomic E-state index is 11.1. The summed E-state index contributed by atoms with van der Waals surface area (Å²) >= 11 is 0. The highest BCUT2D eigenvalue weighted by Crippen LogP contribution is 2.22. The summed E-state index contributed by atoms with van der Waals surface area (Å²) in [6.45, 7) is 1.92.